The van der Waals surface area contributed by atoms with Gasteiger partial charge >= 0.3 is 5.56 Å². The van der Waals surface area contributed by atoms with Gasteiger partial charge in [0.15, 0.2) is 11.7 Å². The van der Waals surface area contributed by atoms with Crippen LogP contribution < -0.4 is 22.2 Å². The summed E-state index contributed by atoms with van der Waals surface area (Å²) < 4.78 is 6.53. The predicted octanol–water partition coefficient (Wildman–Crippen LogP) is 1.79. The van der Waals surface area contributed by atoms with Gasteiger partial charge in [0.1, 0.15) is 23.8 Å². The molecular weight excluding hydrogens is 480 g/mol. The number of hydrogen-bond donors (Lipinski definition) is 6. The first-order valence-electron chi connectivity index (χ1n) is 13.6. The van der Waals surface area contributed by atoms with Gasteiger partial charge in [0.2, 0.25) is 11.9 Å². The van der Waals surface area contributed by atoms with E-state index in [4.69, 9.17) is 10.5 Å². The van der Waals surface area contributed by atoms with Crippen molar-refractivity contribution in [2.75, 3.05) is 24.2 Å². The number of aliphatic hydroxyl groups is 3. The van der Waals surface area contributed by atoms with Crippen LogP contribution in [0.5, 0.6) is 0 Å². The number of aliphatic hydroxyl groups excluding tert-OH is 3. The van der Waals surface area contributed by atoms with Gasteiger partial charge in [-0.3, -0.25) is 19.1 Å². The minimum absolute atomic E-state index is 0.0161. The van der Waals surface area contributed by atoms with Crippen LogP contribution in [0.15, 0.2) is 9.59 Å². The van der Waals surface area contributed by atoms with Crippen molar-refractivity contribution in [2.24, 2.45) is 0 Å². The summed E-state index contributed by atoms with van der Waals surface area (Å²) in [5.74, 6) is -0.242. The van der Waals surface area contributed by atoms with Gasteiger partial charge in [-0.15, -0.1) is 0 Å². The van der Waals surface area contributed by atoms with Crippen LogP contribution in [0.25, 0.3) is 11.0 Å². The zero-order chi connectivity index (χ0) is 26.8. The summed E-state index contributed by atoms with van der Waals surface area (Å²) in [5.41, 5.74) is 3.92. The highest BCUT2D eigenvalue weighted by Gasteiger charge is 2.44. The number of anilines is 2. The molecule has 1 aliphatic rings. The lowest BCUT2D eigenvalue weighted by molar-refractivity contribution is -0.0499. The van der Waals surface area contributed by atoms with Crippen LogP contribution in [0.2, 0.25) is 0 Å². The van der Waals surface area contributed by atoms with Crippen LogP contribution >= 0.6 is 0 Å². The van der Waals surface area contributed by atoms with E-state index in [9.17, 15) is 24.9 Å². The largest absolute Gasteiger partial charge is 0.394 e. The van der Waals surface area contributed by atoms with E-state index >= 15 is 0 Å². The Bertz CT molecular complexity index is 1110. The lowest BCUT2D eigenvalue weighted by atomic mass is 10.1. The van der Waals surface area contributed by atoms with Crippen molar-refractivity contribution in [3.05, 3.63) is 20.7 Å². The maximum Gasteiger partial charge on any atom is 0.301 e. The lowest BCUT2D eigenvalue weighted by Crippen LogP contribution is -2.33. The first kappa shape index (κ1) is 29.0. The van der Waals surface area contributed by atoms with Crippen LogP contribution in [-0.4, -0.2) is 66.3 Å². The van der Waals surface area contributed by atoms with E-state index in [1.807, 2.05) is 0 Å². The maximum absolute atomic E-state index is 13.0. The molecule has 0 aliphatic carbocycles. The van der Waals surface area contributed by atoms with E-state index in [0.29, 0.717) is 6.54 Å². The van der Waals surface area contributed by atoms with Gasteiger partial charge in [-0.05, 0) is 6.42 Å². The van der Waals surface area contributed by atoms with E-state index in [0.717, 1.165) is 23.8 Å². The van der Waals surface area contributed by atoms with Crippen molar-refractivity contribution in [3.63, 3.8) is 0 Å². The lowest BCUT2D eigenvalue weighted by Gasteiger charge is -2.17. The summed E-state index contributed by atoms with van der Waals surface area (Å²) in [4.78, 5) is 36.1. The number of unbranched alkanes of at least 4 members (excludes halogenated alkanes) is 11. The third-order valence-corrected chi connectivity index (χ3v) is 6.90. The molecule has 3 rings (SSSR count). The molecule has 0 aromatic carbocycles. The molecule has 0 bridgehead atoms. The smallest absolute Gasteiger partial charge is 0.301 e. The molecule has 0 spiro atoms. The molecule has 2 aromatic rings. The maximum atomic E-state index is 13.0. The van der Waals surface area contributed by atoms with Crippen LogP contribution in [-0.2, 0) is 4.74 Å². The standard InChI is InChI=1S/C25H42N6O6/c1-2-3-4-5-6-7-8-9-10-11-12-13-14-27-25-29-21(35)17-18(22(36)30-25)31(24(26)28-17)23-20(34)19(33)16(15-32)37-23/h16,19-20,23,32-34H,2-15H2,1H3,(H2,26,28)(H2,27,29,30,35,36)/t16-,19-,20-,23+/m1/s1. The fourth-order valence-electron chi connectivity index (χ4n) is 4.77. The van der Waals surface area contributed by atoms with Crippen LogP contribution in [0, 0.1) is 0 Å². The molecule has 3 heterocycles. The molecule has 208 valence electrons. The topological polar surface area (TPSA) is 189 Å². The fraction of sp³-hybridized carbons (Fsp3) is 0.760. The highest BCUT2D eigenvalue weighted by molar-refractivity contribution is 5.76. The van der Waals surface area contributed by atoms with Crippen molar-refractivity contribution >= 4 is 22.9 Å². The molecule has 1 saturated heterocycles. The van der Waals surface area contributed by atoms with Crippen LogP contribution in [0.1, 0.15) is 90.2 Å². The van der Waals surface area contributed by atoms with E-state index in [2.05, 4.69) is 27.2 Å². The molecule has 0 saturated carbocycles. The number of fused-ring (bicyclic) bond motifs is 1. The molecule has 12 heteroatoms. The van der Waals surface area contributed by atoms with Gasteiger partial charge in [-0.2, -0.15) is 4.98 Å². The molecule has 12 nitrogen and oxygen atoms in total. The SMILES string of the molecule is CCCCCCCCCCCCCCNc1nc(=O)c2nc(N)n([C@H]3O[C@H](CO)[C@@H](O)[C@H]3O)c2c(=O)[nH]1. The molecule has 0 amide bonds. The number of nitrogens with one attached hydrogen (secondary N) is 2. The predicted molar refractivity (Wildman–Crippen MR) is 141 cm³/mol. The Morgan fingerprint density at radius 3 is 2.11 bits per heavy atom. The molecule has 1 aliphatic heterocycles. The Balaban J connectivity index is 1.53. The number of rotatable bonds is 16. The molecule has 0 unspecified atom stereocenters. The van der Waals surface area contributed by atoms with Crippen molar-refractivity contribution in [3.8, 4) is 0 Å². The van der Waals surface area contributed by atoms with E-state index < -0.39 is 42.3 Å². The summed E-state index contributed by atoms with van der Waals surface area (Å²) in [5, 5.41) is 32.8. The van der Waals surface area contributed by atoms with Crippen molar-refractivity contribution in [1.29, 1.82) is 0 Å². The molecular formula is C25H42N6O6. The third-order valence-electron chi connectivity index (χ3n) is 6.90. The molecule has 4 atom stereocenters. The first-order chi connectivity index (χ1) is 17.9. The summed E-state index contributed by atoms with van der Waals surface area (Å²) in [6, 6.07) is 0. The summed E-state index contributed by atoms with van der Waals surface area (Å²) >= 11 is 0. The number of hydrogen-bond acceptors (Lipinski definition) is 10. The first-order valence-corrected chi connectivity index (χ1v) is 13.6. The molecule has 0 radical (unpaired) electrons. The van der Waals surface area contributed by atoms with E-state index in [1.54, 1.807) is 0 Å². The Kier molecular flexibility index (Phi) is 11.3. The number of ether oxygens (including phenoxy) is 1. The second kappa shape index (κ2) is 14.4. The number of imidazole rings is 1. The Morgan fingerprint density at radius 1 is 0.946 bits per heavy atom. The number of aromatic nitrogens is 4. The average molecular weight is 523 g/mol. The highest BCUT2D eigenvalue weighted by atomic mass is 16.6. The number of nitrogens with zero attached hydrogens (tertiary/aromatic N) is 3. The van der Waals surface area contributed by atoms with Crippen molar-refractivity contribution < 1.29 is 20.1 Å². The molecule has 37 heavy (non-hydrogen) atoms. The number of H-pyrrole nitrogens is 1. The van der Waals surface area contributed by atoms with Crippen molar-refractivity contribution in [2.45, 2.75) is 109 Å². The summed E-state index contributed by atoms with van der Waals surface area (Å²) in [7, 11) is 0. The molecule has 1 fully saturated rings. The molecule has 2 aromatic heterocycles. The second-order valence-corrected chi connectivity index (χ2v) is 9.80. The normalized spacial score (nSPS) is 21.6. The third kappa shape index (κ3) is 7.50. The van der Waals surface area contributed by atoms with Gasteiger partial charge in [0.05, 0.1) is 6.61 Å². The summed E-state index contributed by atoms with van der Waals surface area (Å²) in [6.45, 7) is 2.23. The highest BCUT2D eigenvalue weighted by Crippen LogP contribution is 2.32. The monoisotopic (exact) mass is 522 g/mol. The Hall–Kier alpha value is -2.54. The molecule has 7 N–H and O–H groups in total. The van der Waals surface area contributed by atoms with Crippen molar-refractivity contribution in [1.82, 2.24) is 19.5 Å². The van der Waals surface area contributed by atoms with Gasteiger partial charge in [-0.1, -0.05) is 77.6 Å². The minimum Gasteiger partial charge on any atom is -0.394 e. The number of nitrogen functional groups attached to an aromatic ring is 1. The Labute approximate surface area is 216 Å². The van der Waals surface area contributed by atoms with Gasteiger partial charge in [0, 0.05) is 6.54 Å². The van der Waals surface area contributed by atoms with Crippen LogP contribution in [0.3, 0.4) is 0 Å². The van der Waals surface area contributed by atoms with Crippen LogP contribution in [0.4, 0.5) is 11.9 Å². The number of aromatic amines is 1. The zero-order valence-electron chi connectivity index (χ0n) is 21.7. The van der Waals surface area contributed by atoms with E-state index in [1.165, 1.54) is 57.8 Å². The van der Waals surface area contributed by atoms with Gasteiger partial charge in [-0.25, -0.2) is 4.98 Å². The fourth-order valence-corrected chi connectivity index (χ4v) is 4.77. The quantitative estimate of drug-likeness (QED) is 0.177. The number of nitrogens with two attached hydrogens (primary N) is 1. The summed E-state index contributed by atoms with van der Waals surface area (Å²) in [6.07, 6.45) is 9.50. The van der Waals surface area contributed by atoms with Gasteiger partial charge < -0.3 is 31.1 Å². The van der Waals surface area contributed by atoms with E-state index in [-0.39, 0.29) is 22.9 Å². The van der Waals surface area contributed by atoms with Gasteiger partial charge in [0.25, 0.3) is 5.56 Å². The zero-order valence-corrected chi connectivity index (χ0v) is 21.7. The Morgan fingerprint density at radius 2 is 1.54 bits per heavy atom. The average Bonchev–Trinajstić information content (AvgIpc) is 3.33. The second-order valence-electron chi connectivity index (χ2n) is 9.80. The minimum atomic E-state index is -1.49.